The van der Waals surface area contributed by atoms with Crippen molar-refractivity contribution in [1.29, 1.82) is 0 Å². The first-order valence-corrected chi connectivity index (χ1v) is 2.83. The van der Waals surface area contributed by atoms with Crippen molar-refractivity contribution >= 4 is 5.84 Å². The van der Waals surface area contributed by atoms with Crippen molar-refractivity contribution in [1.82, 2.24) is 4.98 Å². The largest absolute Gasteiger partial charge is 0.409 e. The van der Waals surface area contributed by atoms with Gasteiger partial charge in [-0.1, -0.05) is 5.16 Å². The Bertz CT molecular complexity index is 270. The number of hydrogen-bond donors (Lipinski definition) is 2. The molecule has 0 aromatic carbocycles. The van der Waals surface area contributed by atoms with Crippen LogP contribution in [0.15, 0.2) is 23.5 Å². The van der Waals surface area contributed by atoms with Crippen LogP contribution in [0.2, 0.25) is 0 Å². The standard InChI is InChI=1S/C6H6FN3O/c7-5-2-1-4(3-9-5)6(8)10-11/h1-3,11H,(H2,8,10). The van der Waals surface area contributed by atoms with Gasteiger partial charge in [-0.25, -0.2) is 4.98 Å². The first-order valence-electron chi connectivity index (χ1n) is 2.83. The van der Waals surface area contributed by atoms with Gasteiger partial charge >= 0.3 is 0 Å². The van der Waals surface area contributed by atoms with Crippen LogP contribution < -0.4 is 5.73 Å². The van der Waals surface area contributed by atoms with Crippen molar-refractivity contribution in [2.75, 3.05) is 0 Å². The Hall–Kier alpha value is -1.65. The van der Waals surface area contributed by atoms with E-state index in [1.807, 2.05) is 0 Å². The molecule has 0 saturated heterocycles. The SMILES string of the molecule is N/C(=N\O)c1ccc(F)nc1. The molecular weight excluding hydrogens is 149 g/mol. The molecular formula is C6H6FN3O. The zero-order chi connectivity index (χ0) is 8.27. The van der Waals surface area contributed by atoms with Crippen molar-refractivity contribution in [3.8, 4) is 0 Å². The fourth-order valence-corrected chi connectivity index (χ4v) is 0.585. The van der Waals surface area contributed by atoms with E-state index >= 15 is 0 Å². The predicted molar refractivity (Wildman–Crippen MR) is 36.7 cm³/mol. The number of oxime groups is 1. The Morgan fingerprint density at radius 2 is 2.36 bits per heavy atom. The van der Waals surface area contributed by atoms with Crippen LogP contribution in [0.25, 0.3) is 0 Å². The zero-order valence-corrected chi connectivity index (χ0v) is 5.53. The molecule has 5 heteroatoms. The van der Waals surface area contributed by atoms with Crippen molar-refractivity contribution in [2.24, 2.45) is 10.9 Å². The molecule has 0 aliphatic rings. The summed E-state index contributed by atoms with van der Waals surface area (Å²) < 4.78 is 12.2. The lowest BCUT2D eigenvalue weighted by Crippen LogP contribution is -2.13. The van der Waals surface area contributed by atoms with Crippen LogP contribution in [0, 0.1) is 5.95 Å². The Balaban J connectivity index is 2.99. The van der Waals surface area contributed by atoms with E-state index in [9.17, 15) is 4.39 Å². The number of halogens is 1. The van der Waals surface area contributed by atoms with Crippen LogP contribution in [0.1, 0.15) is 5.56 Å². The number of aromatic nitrogens is 1. The van der Waals surface area contributed by atoms with Crippen LogP contribution >= 0.6 is 0 Å². The average Bonchev–Trinajstić information content (AvgIpc) is 2.05. The highest BCUT2D eigenvalue weighted by Gasteiger charge is 1.98. The van der Waals surface area contributed by atoms with Gasteiger partial charge in [0, 0.05) is 11.8 Å². The molecule has 0 unspecified atom stereocenters. The molecule has 0 atom stereocenters. The fourth-order valence-electron chi connectivity index (χ4n) is 0.585. The quantitative estimate of drug-likeness (QED) is 0.201. The summed E-state index contributed by atoms with van der Waals surface area (Å²) in [6, 6.07) is 2.50. The smallest absolute Gasteiger partial charge is 0.212 e. The topological polar surface area (TPSA) is 71.5 Å². The summed E-state index contributed by atoms with van der Waals surface area (Å²) >= 11 is 0. The molecule has 0 fully saturated rings. The van der Waals surface area contributed by atoms with Gasteiger partial charge in [-0.05, 0) is 12.1 Å². The lowest BCUT2D eigenvalue weighted by atomic mass is 10.3. The second-order valence-corrected chi connectivity index (χ2v) is 1.85. The van der Waals surface area contributed by atoms with Crippen LogP contribution in [-0.2, 0) is 0 Å². The summed E-state index contributed by atoms with van der Waals surface area (Å²) in [6.45, 7) is 0. The van der Waals surface area contributed by atoms with E-state index in [0.29, 0.717) is 5.56 Å². The van der Waals surface area contributed by atoms with E-state index in [1.54, 1.807) is 0 Å². The van der Waals surface area contributed by atoms with E-state index in [4.69, 9.17) is 10.9 Å². The lowest BCUT2D eigenvalue weighted by molar-refractivity contribution is 0.318. The highest BCUT2D eigenvalue weighted by molar-refractivity contribution is 5.96. The molecule has 1 aromatic rings. The number of pyridine rings is 1. The maximum Gasteiger partial charge on any atom is 0.212 e. The number of hydrogen-bond acceptors (Lipinski definition) is 3. The average molecular weight is 155 g/mol. The van der Waals surface area contributed by atoms with Gasteiger partial charge in [-0.2, -0.15) is 4.39 Å². The Morgan fingerprint density at radius 3 is 2.82 bits per heavy atom. The van der Waals surface area contributed by atoms with Crippen molar-refractivity contribution in [2.45, 2.75) is 0 Å². The summed E-state index contributed by atoms with van der Waals surface area (Å²) in [5.41, 5.74) is 5.57. The van der Waals surface area contributed by atoms with Gasteiger partial charge in [-0.3, -0.25) is 0 Å². The molecule has 0 spiro atoms. The molecule has 58 valence electrons. The number of rotatable bonds is 1. The summed E-state index contributed by atoms with van der Waals surface area (Å²) in [5.74, 6) is -0.683. The van der Waals surface area contributed by atoms with Crippen LogP contribution in [0.4, 0.5) is 4.39 Å². The van der Waals surface area contributed by atoms with Gasteiger partial charge in [0.25, 0.3) is 0 Å². The fraction of sp³-hybridized carbons (Fsp3) is 0. The third kappa shape index (κ3) is 1.64. The summed E-state index contributed by atoms with van der Waals surface area (Å²) in [4.78, 5) is 3.31. The lowest BCUT2D eigenvalue weighted by Gasteiger charge is -1.95. The van der Waals surface area contributed by atoms with E-state index < -0.39 is 5.95 Å². The molecule has 0 aliphatic carbocycles. The van der Waals surface area contributed by atoms with Crippen LogP contribution in [0.5, 0.6) is 0 Å². The van der Waals surface area contributed by atoms with Gasteiger partial charge in [0.1, 0.15) is 0 Å². The number of nitrogens with two attached hydrogens (primary N) is 1. The molecule has 1 aromatic heterocycles. The Morgan fingerprint density at radius 1 is 1.64 bits per heavy atom. The van der Waals surface area contributed by atoms with E-state index in [2.05, 4.69) is 10.1 Å². The molecule has 1 rings (SSSR count). The minimum atomic E-state index is -0.598. The van der Waals surface area contributed by atoms with E-state index in [0.717, 1.165) is 6.07 Å². The zero-order valence-electron chi connectivity index (χ0n) is 5.53. The van der Waals surface area contributed by atoms with Crippen molar-refractivity contribution in [3.63, 3.8) is 0 Å². The van der Waals surface area contributed by atoms with Crippen molar-refractivity contribution < 1.29 is 9.60 Å². The number of nitrogens with zero attached hydrogens (tertiary/aromatic N) is 2. The van der Waals surface area contributed by atoms with E-state index in [-0.39, 0.29) is 5.84 Å². The molecule has 4 nitrogen and oxygen atoms in total. The summed E-state index contributed by atoms with van der Waals surface area (Å²) in [6.07, 6.45) is 1.18. The maximum atomic E-state index is 12.2. The third-order valence-electron chi connectivity index (χ3n) is 1.13. The molecule has 3 N–H and O–H groups in total. The summed E-state index contributed by atoms with van der Waals surface area (Å²) in [5, 5.41) is 10.9. The van der Waals surface area contributed by atoms with Gasteiger partial charge in [0.15, 0.2) is 5.84 Å². The first-order chi connectivity index (χ1) is 5.24. The molecule has 0 amide bonds. The molecule has 0 aliphatic heterocycles. The molecule has 0 saturated carbocycles. The van der Waals surface area contributed by atoms with Gasteiger partial charge in [0.2, 0.25) is 5.95 Å². The highest BCUT2D eigenvalue weighted by Crippen LogP contribution is 1.97. The Kier molecular flexibility index (Phi) is 2.00. The summed E-state index contributed by atoms with van der Waals surface area (Å²) in [7, 11) is 0. The Labute approximate surface area is 62.2 Å². The maximum absolute atomic E-state index is 12.2. The van der Waals surface area contributed by atoms with Crippen molar-refractivity contribution in [3.05, 3.63) is 29.8 Å². The van der Waals surface area contributed by atoms with Crippen LogP contribution in [0.3, 0.4) is 0 Å². The number of amidine groups is 1. The second-order valence-electron chi connectivity index (χ2n) is 1.85. The van der Waals surface area contributed by atoms with Gasteiger partial charge < -0.3 is 10.9 Å². The van der Waals surface area contributed by atoms with Gasteiger partial charge in [-0.15, -0.1) is 0 Å². The molecule has 1 heterocycles. The normalized spacial score (nSPS) is 11.5. The van der Waals surface area contributed by atoms with Gasteiger partial charge in [0.05, 0.1) is 0 Å². The first kappa shape index (κ1) is 7.46. The van der Waals surface area contributed by atoms with Crippen LogP contribution in [-0.4, -0.2) is 16.0 Å². The minimum absolute atomic E-state index is 0.0856. The molecule has 11 heavy (non-hydrogen) atoms. The second kappa shape index (κ2) is 2.96. The monoisotopic (exact) mass is 155 g/mol. The third-order valence-corrected chi connectivity index (χ3v) is 1.13. The minimum Gasteiger partial charge on any atom is -0.409 e. The highest BCUT2D eigenvalue weighted by atomic mass is 19.1. The van der Waals surface area contributed by atoms with E-state index in [1.165, 1.54) is 12.3 Å². The molecule has 0 radical (unpaired) electrons. The predicted octanol–water partition coefficient (Wildman–Crippen LogP) is 0.315. The molecule has 0 bridgehead atoms.